The van der Waals surface area contributed by atoms with Crippen molar-refractivity contribution >= 4 is 17.1 Å². The molecule has 0 aliphatic heterocycles. The maximum Gasteiger partial charge on any atom is 0.291 e. The number of aromatic amines is 2. The Hall–Kier alpha value is -2.29. The van der Waals surface area contributed by atoms with Gasteiger partial charge in [0.1, 0.15) is 0 Å². The normalized spacial score (nSPS) is 13.1. The number of hydrogen-bond donors (Lipinski definition) is 4. The Kier molecular flexibility index (Phi) is 3.33. The van der Waals surface area contributed by atoms with Crippen molar-refractivity contribution in [2.24, 2.45) is 10.2 Å². The summed E-state index contributed by atoms with van der Waals surface area (Å²) in [6, 6.07) is 5.88. The number of nitrogens with zero attached hydrogens (tertiary/aromatic N) is 2. The Morgan fingerprint density at radius 3 is 2.39 bits per heavy atom. The quantitative estimate of drug-likeness (QED) is 0.476. The molecule has 94 valence electrons. The maximum atomic E-state index is 11.3. The zero-order chi connectivity index (χ0) is 13.1. The molecule has 8 nitrogen and oxygen atoms in total. The molecule has 0 saturated heterocycles. The van der Waals surface area contributed by atoms with Crippen LogP contribution >= 0.6 is 0 Å². The Morgan fingerprint density at radius 1 is 1.22 bits per heavy atom. The summed E-state index contributed by atoms with van der Waals surface area (Å²) in [6.07, 6.45) is 0. The van der Waals surface area contributed by atoms with Gasteiger partial charge in [0.2, 0.25) is 0 Å². The molecular weight excluding hydrogens is 238 g/mol. The first-order chi connectivity index (χ1) is 8.58. The lowest BCUT2D eigenvalue weighted by Crippen LogP contribution is -2.99. The lowest BCUT2D eigenvalue weighted by atomic mass is 10.3. The van der Waals surface area contributed by atoms with Crippen molar-refractivity contribution in [3.63, 3.8) is 0 Å². The van der Waals surface area contributed by atoms with Gasteiger partial charge >= 0.3 is 0 Å². The average Bonchev–Trinajstić information content (AvgIpc) is 2.67. The molecule has 4 N–H and O–H groups in total. The molecule has 1 aromatic heterocycles. The molecule has 0 spiro atoms. The van der Waals surface area contributed by atoms with Gasteiger partial charge in [-0.05, 0) is 19.1 Å². The SMILES string of the molecule is Cc1[nH][nH]c(=O)c1N=Nc1ccc([NH+]([O-])O)cc1. The molecule has 0 fully saturated rings. The van der Waals surface area contributed by atoms with E-state index in [-0.39, 0.29) is 16.9 Å². The number of benzene rings is 1. The number of aromatic nitrogens is 2. The van der Waals surface area contributed by atoms with E-state index in [0.29, 0.717) is 11.4 Å². The van der Waals surface area contributed by atoms with Gasteiger partial charge in [-0.15, -0.1) is 5.11 Å². The molecule has 0 amide bonds. The standard InChI is InChI=1S/C10H11N5O3/c1-6-9(10(16)14-11-6)13-12-7-2-4-8(5-3-7)15(17)18/h2-5,15,17H,1H3,(H2,11,14,16). The van der Waals surface area contributed by atoms with Gasteiger partial charge in [0.15, 0.2) is 11.4 Å². The van der Waals surface area contributed by atoms with Crippen molar-refractivity contribution in [1.82, 2.24) is 10.2 Å². The molecule has 0 radical (unpaired) electrons. The third kappa shape index (κ3) is 2.51. The highest BCUT2D eigenvalue weighted by Gasteiger charge is 2.04. The largest absolute Gasteiger partial charge is 0.595 e. The van der Waals surface area contributed by atoms with Crippen LogP contribution in [-0.2, 0) is 0 Å². The van der Waals surface area contributed by atoms with E-state index in [2.05, 4.69) is 20.4 Å². The molecule has 0 aliphatic rings. The van der Waals surface area contributed by atoms with Gasteiger partial charge in [-0.2, -0.15) is 10.3 Å². The van der Waals surface area contributed by atoms with Crippen molar-refractivity contribution in [2.75, 3.05) is 0 Å². The predicted molar refractivity (Wildman–Crippen MR) is 62.5 cm³/mol. The van der Waals surface area contributed by atoms with Crippen molar-refractivity contribution in [2.45, 2.75) is 6.92 Å². The maximum absolute atomic E-state index is 11.3. The van der Waals surface area contributed by atoms with Crippen LogP contribution in [-0.4, -0.2) is 15.4 Å². The second-order valence-electron chi connectivity index (χ2n) is 3.60. The molecule has 0 aliphatic carbocycles. The Balaban J connectivity index is 2.22. The number of nitrogens with one attached hydrogen (secondary N) is 3. The minimum absolute atomic E-state index is 0.171. The smallest absolute Gasteiger partial charge is 0.291 e. The van der Waals surface area contributed by atoms with Crippen LogP contribution in [0.4, 0.5) is 17.1 Å². The molecule has 0 saturated carbocycles. The van der Waals surface area contributed by atoms with Gasteiger partial charge in [0, 0.05) is 12.1 Å². The molecule has 1 atom stereocenters. The summed E-state index contributed by atoms with van der Waals surface area (Å²) in [7, 11) is 0. The number of azo groups is 1. The first-order valence-electron chi connectivity index (χ1n) is 5.10. The summed E-state index contributed by atoms with van der Waals surface area (Å²) in [5, 5.41) is 31.1. The van der Waals surface area contributed by atoms with E-state index in [1.807, 2.05) is 0 Å². The zero-order valence-corrected chi connectivity index (χ0v) is 9.47. The number of aryl methyl sites for hydroxylation is 1. The predicted octanol–water partition coefficient (Wildman–Crippen LogP) is 0.830. The number of rotatable bonds is 3. The fourth-order valence-electron chi connectivity index (χ4n) is 1.34. The first kappa shape index (κ1) is 12.2. The van der Waals surface area contributed by atoms with Crippen LogP contribution in [0.5, 0.6) is 0 Å². The topological polar surface area (TPSA) is 121 Å². The average molecular weight is 249 g/mol. The fraction of sp³-hybridized carbons (Fsp3) is 0.100. The number of hydrogen-bond acceptors (Lipinski definition) is 5. The van der Waals surface area contributed by atoms with Gasteiger partial charge < -0.3 is 10.3 Å². The van der Waals surface area contributed by atoms with E-state index in [0.717, 1.165) is 0 Å². The van der Waals surface area contributed by atoms with Gasteiger partial charge in [0.25, 0.3) is 5.56 Å². The highest BCUT2D eigenvalue weighted by Crippen LogP contribution is 2.18. The zero-order valence-electron chi connectivity index (χ0n) is 9.47. The van der Waals surface area contributed by atoms with E-state index < -0.39 is 5.23 Å². The van der Waals surface area contributed by atoms with Crippen LogP contribution in [0.2, 0.25) is 0 Å². The van der Waals surface area contributed by atoms with Crippen LogP contribution in [0.1, 0.15) is 5.69 Å². The van der Waals surface area contributed by atoms with Crippen molar-refractivity contribution in [1.29, 1.82) is 0 Å². The summed E-state index contributed by atoms with van der Waals surface area (Å²) in [6.45, 7) is 1.69. The van der Waals surface area contributed by atoms with E-state index in [9.17, 15) is 10.0 Å². The molecule has 2 rings (SSSR count). The van der Waals surface area contributed by atoms with Crippen molar-refractivity contribution in [3.8, 4) is 0 Å². The van der Waals surface area contributed by atoms with Crippen LogP contribution < -0.4 is 10.8 Å². The third-order valence-electron chi connectivity index (χ3n) is 2.31. The van der Waals surface area contributed by atoms with Gasteiger partial charge in [0.05, 0.1) is 11.4 Å². The molecule has 1 heterocycles. The van der Waals surface area contributed by atoms with Crippen LogP contribution in [0.15, 0.2) is 39.3 Å². The molecule has 1 unspecified atom stereocenters. The van der Waals surface area contributed by atoms with E-state index in [1.54, 1.807) is 6.92 Å². The minimum atomic E-state index is -1.00. The second kappa shape index (κ2) is 4.92. The van der Waals surface area contributed by atoms with Crippen LogP contribution in [0, 0.1) is 12.1 Å². The van der Waals surface area contributed by atoms with Gasteiger partial charge in [-0.3, -0.25) is 9.89 Å². The van der Waals surface area contributed by atoms with Crippen molar-refractivity contribution < 1.29 is 10.4 Å². The number of H-pyrrole nitrogens is 2. The highest BCUT2D eigenvalue weighted by atomic mass is 16.8. The highest BCUT2D eigenvalue weighted by molar-refractivity contribution is 5.45. The van der Waals surface area contributed by atoms with Gasteiger partial charge in [-0.1, -0.05) is 0 Å². The monoisotopic (exact) mass is 249 g/mol. The second-order valence-corrected chi connectivity index (χ2v) is 3.60. The Bertz CT molecular complexity index is 611. The summed E-state index contributed by atoms with van der Waals surface area (Å²) >= 11 is 0. The van der Waals surface area contributed by atoms with Crippen LogP contribution in [0.25, 0.3) is 0 Å². The summed E-state index contributed by atoms with van der Waals surface area (Å²) in [4.78, 5) is 11.3. The lowest BCUT2D eigenvalue weighted by molar-refractivity contribution is -0.991. The Morgan fingerprint density at radius 2 is 1.89 bits per heavy atom. The van der Waals surface area contributed by atoms with Gasteiger partial charge in [-0.25, -0.2) is 5.21 Å². The van der Waals surface area contributed by atoms with Crippen molar-refractivity contribution in [3.05, 3.63) is 45.5 Å². The minimum Gasteiger partial charge on any atom is -0.595 e. The molecule has 0 bridgehead atoms. The van der Waals surface area contributed by atoms with E-state index >= 15 is 0 Å². The molecular formula is C10H11N5O3. The van der Waals surface area contributed by atoms with E-state index in [1.165, 1.54) is 24.3 Å². The fourth-order valence-corrected chi connectivity index (χ4v) is 1.34. The van der Waals surface area contributed by atoms with E-state index in [4.69, 9.17) is 5.21 Å². The molecule has 1 aromatic carbocycles. The summed E-state index contributed by atoms with van der Waals surface area (Å²) < 4.78 is 0. The summed E-state index contributed by atoms with van der Waals surface area (Å²) in [5.74, 6) is 0. The first-order valence-corrected chi connectivity index (χ1v) is 5.10. The van der Waals surface area contributed by atoms with Crippen LogP contribution in [0.3, 0.4) is 0 Å². The number of quaternary nitrogens is 1. The Labute approximate surface area is 101 Å². The molecule has 2 aromatic rings. The molecule has 18 heavy (non-hydrogen) atoms. The third-order valence-corrected chi connectivity index (χ3v) is 2.31. The lowest BCUT2D eigenvalue weighted by Gasteiger charge is -2.10. The molecule has 8 heteroatoms. The summed E-state index contributed by atoms with van der Waals surface area (Å²) in [5.41, 5.74) is 1.09.